The van der Waals surface area contributed by atoms with E-state index >= 15 is 0 Å². The number of nitriles is 1. The Morgan fingerprint density at radius 3 is 2.19 bits per heavy atom. The van der Waals surface area contributed by atoms with Crippen LogP contribution in [0.2, 0.25) is 0 Å². The summed E-state index contributed by atoms with van der Waals surface area (Å²) in [6, 6.07) is 12.7. The maximum absolute atomic E-state index is 12.7. The van der Waals surface area contributed by atoms with Gasteiger partial charge in [-0.3, -0.25) is 9.59 Å². The normalized spacial score (nSPS) is 14.5. The van der Waals surface area contributed by atoms with Crippen LogP contribution in [0.15, 0.2) is 48.5 Å². The smallest absolute Gasteiger partial charge is 0.416 e. The van der Waals surface area contributed by atoms with Crippen molar-refractivity contribution < 1.29 is 32.2 Å². The fourth-order valence-corrected chi connectivity index (χ4v) is 3.35. The molecule has 1 amide bonds. The van der Waals surface area contributed by atoms with Crippen molar-refractivity contribution in [2.45, 2.75) is 19.0 Å². The summed E-state index contributed by atoms with van der Waals surface area (Å²) in [5.41, 5.74) is -0.107. The maximum atomic E-state index is 12.7. The molecule has 1 heterocycles. The summed E-state index contributed by atoms with van der Waals surface area (Å²) in [5.74, 6) is -0.506. The largest absolute Gasteiger partial charge is 0.490 e. The van der Waals surface area contributed by atoms with Gasteiger partial charge in [0, 0.05) is 18.7 Å². The number of piperidine rings is 1. The van der Waals surface area contributed by atoms with Crippen molar-refractivity contribution in [1.82, 2.24) is 4.90 Å². The topological polar surface area (TPSA) is 79.6 Å². The SMILES string of the molecule is N#Cc1ccc(OCCOC(=O)C2CCN(C(=O)c3ccc(C(F)(F)F)cc3)CC2)cc1. The number of ether oxygens (including phenoxy) is 2. The summed E-state index contributed by atoms with van der Waals surface area (Å²) in [4.78, 5) is 26.3. The van der Waals surface area contributed by atoms with Crippen LogP contribution in [0, 0.1) is 17.2 Å². The Balaban J connectivity index is 1.40. The van der Waals surface area contributed by atoms with E-state index in [2.05, 4.69) is 0 Å². The first-order chi connectivity index (χ1) is 15.3. The minimum absolute atomic E-state index is 0.0730. The first-order valence-corrected chi connectivity index (χ1v) is 10.0. The summed E-state index contributed by atoms with van der Waals surface area (Å²) in [7, 11) is 0. The molecule has 0 N–H and O–H groups in total. The molecule has 1 saturated heterocycles. The molecular formula is C23H21F3N2O4. The van der Waals surface area contributed by atoms with Crippen molar-refractivity contribution in [3.8, 4) is 11.8 Å². The van der Waals surface area contributed by atoms with Gasteiger partial charge in [-0.05, 0) is 61.4 Å². The quantitative estimate of drug-likeness (QED) is 0.494. The fourth-order valence-electron chi connectivity index (χ4n) is 3.35. The molecule has 9 heteroatoms. The Morgan fingerprint density at radius 2 is 1.62 bits per heavy atom. The summed E-state index contributed by atoms with van der Waals surface area (Å²) < 4.78 is 48.7. The van der Waals surface area contributed by atoms with Crippen LogP contribution in [0.5, 0.6) is 5.75 Å². The second-order valence-electron chi connectivity index (χ2n) is 7.29. The minimum Gasteiger partial charge on any atom is -0.490 e. The number of hydrogen-bond acceptors (Lipinski definition) is 5. The number of carbonyl (C=O) groups excluding carboxylic acids is 2. The van der Waals surface area contributed by atoms with E-state index in [-0.39, 0.29) is 36.6 Å². The zero-order valence-electron chi connectivity index (χ0n) is 17.1. The highest BCUT2D eigenvalue weighted by Gasteiger charge is 2.31. The van der Waals surface area contributed by atoms with Gasteiger partial charge in [-0.1, -0.05) is 0 Å². The van der Waals surface area contributed by atoms with Crippen LogP contribution in [-0.4, -0.2) is 43.1 Å². The van der Waals surface area contributed by atoms with Gasteiger partial charge < -0.3 is 14.4 Å². The number of halogens is 3. The molecule has 0 spiro atoms. The van der Waals surface area contributed by atoms with Crippen molar-refractivity contribution in [1.29, 1.82) is 5.26 Å². The van der Waals surface area contributed by atoms with Crippen molar-refractivity contribution in [2.24, 2.45) is 5.92 Å². The average molecular weight is 446 g/mol. The zero-order valence-corrected chi connectivity index (χ0v) is 17.1. The van der Waals surface area contributed by atoms with Crippen LogP contribution >= 0.6 is 0 Å². The lowest BCUT2D eigenvalue weighted by Crippen LogP contribution is -2.40. The van der Waals surface area contributed by atoms with E-state index in [0.717, 1.165) is 12.1 Å². The molecule has 0 saturated carbocycles. The Morgan fingerprint density at radius 1 is 1.00 bits per heavy atom. The third-order valence-electron chi connectivity index (χ3n) is 5.15. The molecule has 0 aliphatic carbocycles. The van der Waals surface area contributed by atoms with Crippen LogP contribution in [0.25, 0.3) is 0 Å². The lowest BCUT2D eigenvalue weighted by atomic mass is 9.96. The number of amides is 1. The van der Waals surface area contributed by atoms with Crippen molar-refractivity contribution in [2.75, 3.05) is 26.3 Å². The molecule has 0 atom stereocenters. The van der Waals surface area contributed by atoms with Gasteiger partial charge in [0.2, 0.25) is 0 Å². The van der Waals surface area contributed by atoms with Crippen LogP contribution in [-0.2, 0) is 15.7 Å². The van der Waals surface area contributed by atoms with Gasteiger partial charge in [0.05, 0.1) is 23.1 Å². The molecule has 1 aliphatic rings. The lowest BCUT2D eigenvalue weighted by Gasteiger charge is -2.31. The van der Waals surface area contributed by atoms with Crippen molar-refractivity contribution in [3.63, 3.8) is 0 Å². The van der Waals surface area contributed by atoms with Gasteiger partial charge in [0.15, 0.2) is 0 Å². The molecule has 2 aromatic rings. The molecule has 1 aliphatic heterocycles. The molecule has 1 fully saturated rings. The van der Waals surface area contributed by atoms with Gasteiger partial charge >= 0.3 is 12.1 Å². The molecule has 0 aromatic heterocycles. The Bertz CT molecular complexity index is 974. The van der Waals surface area contributed by atoms with E-state index < -0.39 is 11.7 Å². The first-order valence-electron chi connectivity index (χ1n) is 10.0. The number of esters is 1. The lowest BCUT2D eigenvalue weighted by molar-refractivity contribution is -0.150. The van der Waals surface area contributed by atoms with Crippen molar-refractivity contribution in [3.05, 3.63) is 65.2 Å². The van der Waals surface area contributed by atoms with Crippen LogP contribution < -0.4 is 4.74 Å². The molecule has 0 radical (unpaired) electrons. The Hall–Kier alpha value is -3.54. The van der Waals surface area contributed by atoms with Crippen LogP contribution in [0.1, 0.15) is 34.3 Å². The van der Waals surface area contributed by atoms with E-state index in [1.54, 1.807) is 24.3 Å². The fraction of sp³-hybridized carbons (Fsp3) is 0.348. The van der Waals surface area contributed by atoms with E-state index in [1.165, 1.54) is 17.0 Å². The second-order valence-corrected chi connectivity index (χ2v) is 7.29. The number of rotatable bonds is 6. The number of likely N-dealkylation sites (tertiary alicyclic amines) is 1. The minimum atomic E-state index is -4.45. The summed E-state index contributed by atoms with van der Waals surface area (Å²) in [5, 5.41) is 8.76. The molecule has 0 unspecified atom stereocenters. The molecular weight excluding hydrogens is 425 g/mol. The Kier molecular flexibility index (Phi) is 7.36. The predicted octanol–water partition coefficient (Wildman–Crippen LogP) is 4.05. The Labute approximate surface area is 183 Å². The number of hydrogen-bond donors (Lipinski definition) is 0. The number of carbonyl (C=O) groups is 2. The molecule has 32 heavy (non-hydrogen) atoms. The molecule has 6 nitrogen and oxygen atoms in total. The number of alkyl halides is 3. The maximum Gasteiger partial charge on any atom is 0.416 e. The van der Waals surface area contributed by atoms with E-state index in [9.17, 15) is 22.8 Å². The molecule has 0 bridgehead atoms. The highest BCUT2D eigenvalue weighted by Crippen LogP contribution is 2.29. The van der Waals surface area contributed by atoms with Crippen LogP contribution in [0.4, 0.5) is 13.2 Å². The van der Waals surface area contributed by atoms with Gasteiger partial charge in [0.1, 0.15) is 19.0 Å². The molecule has 168 valence electrons. The standard InChI is InChI=1S/C23H21F3N2O4/c24-23(25,26)19-5-3-17(4-6-19)21(29)28-11-9-18(10-12-28)22(30)32-14-13-31-20-7-1-16(15-27)2-8-20/h1-8,18H,9-14H2. The van der Waals surface area contributed by atoms with Gasteiger partial charge in [-0.2, -0.15) is 18.4 Å². The molecule has 2 aromatic carbocycles. The highest BCUT2D eigenvalue weighted by atomic mass is 19.4. The van der Waals surface area contributed by atoms with Crippen molar-refractivity contribution >= 4 is 11.9 Å². The molecule has 3 rings (SSSR count). The number of benzene rings is 2. The van der Waals surface area contributed by atoms with Gasteiger partial charge in [-0.25, -0.2) is 0 Å². The van der Waals surface area contributed by atoms with Gasteiger partial charge in [-0.15, -0.1) is 0 Å². The summed E-state index contributed by atoms with van der Waals surface area (Å²) in [6.45, 7) is 0.884. The monoisotopic (exact) mass is 446 g/mol. The third kappa shape index (κ3) is 6.00. The van der Waals surface area contributed by atoms with E-state index in [0.29, 0.717) is 37.2 Å². The third-order valence-corrected chi connectivity index (χ3v) is 5.15. The summed E-state index contributed by atoms with van der Waals surface area (Å²) >= 11 is 0. The zero-order chi connectivity index (χ0) is 23.1. The highest BCUT2D eigenvalue weighted by molar-refractivity contribution is 5.94. The van der Waals surface area contributed by atoms with Gasteiger partial charge in [0.25, 0.3) is 5.91 Å². The van der Waals surface area contributed by atoms with E-state index in [1.807, 2.05) is 6.07 Å². The summed E-state index contributed by atoms with van der Waals surface area (Å²) in [6.07, 6.45) is -3.61. The van der Waals surface area contributed by atoms with Crippen LogP contribution in [0.3, 0.4) is 0 Å². The predicted molar refractivity (Wildman–Crippen MR) is 108 cm³/mol. The first kappa shape index (κ1) is 23.1. The second kappa shape index (κ2) is 10.2. The number of nitrogens with zero attached hydrogens (tertiary/aromatic N) is 2. The average Bonchev–Trinajstić information content (AvgIpc) is 2.81. The van der Waals surface area contributed by atoms with E-state index in [4.69, 9.17) is 14.7 Å².